The van der Waals surface area contributed by atoms with E-state index in [0.29, 0.717) is 44.9 Å². The van der Waals surface area contributed by atoms with Crippen LogP contribution >= 0.6 is 0 Å². The number of nitrogens with one attached hydrogen (secondary N) is 1. The molecule has 1 saturated heterocycles. The Morgan fingerprint density at radius 3 is 2.42 bits per heavy atom. The van der Waals surface area contributed by atoms with Gasteiger partial charge >= 0.3 is 5.97 Å². The molecule has 0 unspecified atom stereocenters. The Bertz CT molecular complexity index is 927. The van der Waals surface area contributed by atoms with Crippen LogP contribution in [0.25, 0.3) is 0 Å². The van der Waals surface area contributed by atoms with Gasteiger partial charge in [0.05, 0.1) is 30.8 Å². The zero-order chi connectivity index (χ0) is 33.4. The highest BCUT2D eigenvalue weighted by atomic mass is 16.6. The van der Waals surface area contributed by atoms with Crippen LogP contribution in [0.5, 0.6) is 0 Å². The molecule has 1 amide bonds. The van der Waals surface area contributed by atoms with Gasteiger partial charge in [-0.15, -0.1) is 0 Å². The molecule has 4 N–H and O–H groups in total. The number of hydrogen-bond donors (Lipinski definition) is 4. The van der Waals surface area contributed by atoms with Crippen LogP contribution in [-0.2, 0) is 28.6 Å². The van der Waals surface area contributed by atoms with E-state index in [4.69, 9.17) is 14.2 Å². The number of allylic oxidation sites excluding steroid dienone is 1. The van der Waals surface area contributed by atoms with Crippen LogP contribution in [-0.4, -0.2) is 89.4 Å². The van der Waals surface area contributed by atoms with Crippen LogP contribution in [0, 0.1) is 17.8 Å². The summed E-state index contributed by atoms with van der Waals surface area (Å²) in [6, 6.07) is 0. The summed E-state index contributed by atoms with van der Waals surface area (Å²) in [5.41, 5.74) is -1.26. The summed E-state index contributed by atoms with van der Waals surface area (Å²) in [5.74, 6) is -0.491. The van der Waals surface area contributed by atoms with Crippen molar-refractivity contribution in [3.05, 3.63) is 12.2 Å². The maximum Gasteiger partial charge on any atom is 0.309 e. The lowest BCUT2D eigenvalue weighted by molar-refractivity contribution is -0.198. The fraction of sp³-hybridized carbons (Fsp3) is 0.857. The monoisotopic (exact) mass is 639 g/mol. The first-order valence-electron chi connectivity index (χ1n) is 17.3. The van der Waals surface area contributed by atoms with Crippen molar-refractivity contribution in [2.45, 2.75) is 154 Å². The molecule has 45 heavy (non-hydrogen) atoms. The zero-order valence-electron chi connectivity index (χ0n) is 28.4. The zero-order valence-corrected chi connectivity index (χ0v) is 28.4. The summed E-state index contributed by atoms with van der Waals surface area (Å²) in [7, 11) is 1.52. The van der Waals surface area contributed by atoms with E-state index in [1.54, 1.807) is 0 Å². The number of carbonyl (C=O) groups excluding carboxylic acids is 3. The molecule has 0 saturated carbocycles. The topological polar surface area (TPSA) is 152 Å². The summed E-state index contributed by atoms with van der Waals surface area (Å²) < 4.78 is 17.1. The number of aliphatic hydroxyl groups is 3. The molecule has 2 rings (SSSR count). The Hall–Kier alpha value is -1.85. The Kier molecular flexibility index (Phi) is 17.8. The van der Waals surface area contributed by atoms with Crippen molar-refractivity contribution in [3.63, 3.8) is 0 Å². The maximum absolute atomic E-state index is 12.9. The Balaban J connectivity index is 2.18. The first kappa shape index (κ1) is 39.3. The number of ketones is 1. The van der Waals surface area contributed by atoms with Crippen molar-refractivity contribution < 1.29 is 43.9 Å². The first-order valence-corrected chi connectivity index (χ1v) is 17.3. The van der Waals surface area contributed by atoms with Gasteiger partial charge in [-0.3, -0.25) is 14.4 Å². The van der Waals surface area contributed by atoms with Gasteiger partial charge in [0, 0.05) is 32.9 Å². The number of fused-ring (bicyclic) bond motifs is 2. The van der Waals surface area contributed by atoms with Gasteiger partial charge in [0.2, 0.25) is 0 Å². The average Bonchev–Trinajstić information content (AvgIpc) is 2.99. The smallest absolute Gasteiger partial charge is 0.309 e. The standard InChI is InChI=1S/C35H61NO9/c1-6-11-31-33(40)36-22-28(38)21-29(39)30-18-19-35(42,23-43-5)32(44-30)17-16-26(7-2)13-10-15-27(37)14-9-8-12-24(3)20-25(4)34(41)45-31/h16-17,24-26,28-32,38-39,42H,6-15,18-23H2,1-5H3,(H,36,40)/b17-16+/t24-,25+,26-,28+,29-,30+,31+,32-,35-/m1/s1. The molecule has 0 aromatic heterocycles. The minimum atomic E-state index is -1.26. The van der Waals surface area contributed by atoms with E-state index in [9.17, 15) is 29.7 Å². The molecule has 10 nitrogen and oxygen atoms in total. The molecule has 0 aromatic rings. The second-order valence-corrected chi connectivity index (χ2v) is 13.6. The number of carbonyl (C=O) groups is 3. The summed E-state index contributed by atoms with van der Waals surface area (Å²) in [5, 5.41) is 35.7. The molecule has 2 aliphatic heterocycles. The number of esters is 1. The van der Waals surface area contributed by atoms with Gasteiger partial charge in [-0.25, -0.2) is 0 Å². The quantitative estimate of drug-likeness (QED) is 0.253. The highest BCUT2D eigenvalue weighted by Gasteiger charge is 2.44. The third-order valence-corrected chi connectivity index (χ3v) is 9.34. The van der Waals surface area contributed by atoms with Crippen molar-refractivity contribution in [2.75, 3.05) is 20.3 Å². The molecular weight excluding hydrogens is 578 g/mol. The number of Topliss-reactive ketones (excluding diaryl/α,β-unsaturated/α-hetero) is 1. The molecule has 10 heteroatoms. The lowest BCUT2D eigenvalue weighted by atomic mass is 9.84. The number of ether oxygens (including phenoxy) is 3. The number of aliphatic hydroxyl groups excluding tert-OH is 2. The summed E-state index contributed by atoms with van der Waals surface area (Å²) in [6.45, 7) is 7.88. The van der Waals surface area contributed by atoms with Gasteiger partial charge < -0.3 is 34.8 Å². The van der Waals surface area contributed by atoms with Crippen LogP contribution in [0.15, 0.2) is 12.2 Å². The minimum absolute atomic E-state index is 0.0388. The van der Waals surface area contributed by atoms with E-state index in [0.717, 1.165) is 38.5 Å². The molecule has 2 aliphatic rings. The Morgan fingerprint density at radius 1 is 1.00 bits per heavy atom. The molecule has 0 aromatic carbocycles. The van der Waals surface area contributed by atoms with E-state index in [2.05, 4.69) is 19.2 Å². The fourth-order valence-corrected chi connectivity index (χ4v) is 6.45. The van der Waals surface area contributed by atoms with Crippen LogP contribution in [0.1, 0.15) is 118 Å². The first-order chi connectivity index (χ1) is 21.4. The van der Waals surface area contributed by atoms with Crippen LogP contribution < -0.4 is 5.32 Å². The number of hydrogen-bond acceptors (Lipinski definition) is 9. The molecule has 260 valence electrons. The molecule has 2 bridgehead atoms. The molecule has 0 aliphatic carbocycles. The van der Waals surface area contributed by atoms with Gasteiger partial charge in [-0.05, 0) is 63.2 Å². The van der Waals surface area contributed by atoms with E-state index in [1.807, 2.05) is 26.0 Å². The number of cyclic esters (lactones) is 1. The number of rotatable bonds is 5. The molecule has 2 heterocycles. The summed E-state index contributed by atoms with van der Waals surface area (Å²) >= 11 is 0. The van der Waals surface area contributed by atoms with Crippen LogP contribution in [0.3, 0.4) is 0 Å². The summed E-state index contributed by atoms with van der Waals surface area (Å²) in [6.07, 6.45) is 8.11. The van der Waals surface area contributed by atoms with Gasteiger partial charge in [0.25, 0.3) is 5.91 Å². The third-order valence-electron chi connectivity index (χ3n) is 9.34. The molecule has 9 atom stereocenters. The largest absolute Gasteiger partial charge is 0.452 e. The number of methoxy groups -OCH3 is 1. The maximum atomic E-state index is 12.9. The van der Waals surface area contributed by atoms with Gasteiger partial charge in [-0.1, -0.05) is 59.1 Å². The highest BCUT2D eigenvalue weighted by molar-refractivity contribution is 5.84. The van der Waals surface area contributed by atoms with E-state index in [1.165, 1.54) is 7.11 Å². The minimum Gasteiger partial charge on any atom is -0.452 e. The SMILES string of the molecule is CCC[C@@H]1OC(=O)[C@@H](C)C[C@H](C)CCCCC(=O)CCC[C@@H](CC)/C=C/[C@H]2O[C@@H](CC[C@@]2(O)COC)[C@H](O)C[C@H](O)CNC1=O. The summed E-state index contributed by atoms with van der Waals surface area (Å²) in [4.78, 5) is 38.3. The highest BCUT2D eigenvalue weighted by Crippen LogP contribution is 2.33. The van der Waals surface area contributed by atoms with Gasteiger partial charge in [0.1, 0.15) is 17.5 Å². The molecule has 0 radical (unpaired) electrons. The third kappa shape index (κ3) is 13.8. The van der Waals surface area contributed by atoms with Crippen LogP contribution in [0.2, 0.25) is 0 Å². The predicted molar refractivity (Wildman–Crippen MR) is 172 cm³/mol. The van der Waals surface area contributed by atoms with Crippen LogP contribution in [0.4, 0.5) is 0 Å². The molecule has 0 spiro atoms. The number of β-amino-alcohol motifs (C(OH)–C–C–N with tert-alkyl or cyclic N) is 1. The van der Waals surface area contributed by atoms with Crippen molar-refractivity contribution in [1.82, 2.24) is 5.32 Å². The van der Waals surface area contributed by atoms with E-state index >= 15 is 0 Å². The lowest BCUT2D eigenvalue weighted by Crippen LogP contribution is -2.54. The fourth-order valence-electron chi connectivity index (χ4n) is 6.45. The number of amides is 1. The van der Waals surface area contributed by atoms with Crippen molar-refractivity contribution in [2.24, 2.45) is 17.8 Å². The average molecular weight is 640 g/mol. The second-order valence-electron chi connectivity index (χ2n) is 13.6. The van der Waals surface area contributed by atoms with E-state index in [-0.39, 0.29) is 43.1 Å². The molecular formula is C35H61NO9. The molecule has 1 fully saturated rings. The predicted octanol–water partition coefficient (Wildman–Crippen LogP) is 4.41. The van der Waals surface area contributed by atoms with Gasteiger partial charge in [-0.2, -0.15) is 0 Å². The van der Waals surface area contributed by atoms with Crippen molar-refractivity contribution in [3.8, 4) is 0 Å². The van der Waals surface area contributed by atoms with Crippen molar-refractivity contribution >= 4 is 17.7 Å². The Labute approximate surface area is 270 Å². The van der Waals surface area contributed by atoms with E-state index < -0.39 is 48.0 Å². The lowest BCUT2D eigenvalue weighted by Gasteiger charge is -2.43. The second kappa shape index (κ2) is 20.4. The normalized spacial score (nSPS) is 36.9. The Morgan fingerprint density at radius 2 is 1.73 bits per heavy atom. The van der Waals surface area contributed by atoms with Gasteiger partial charge in [0.15, 0.2) is 6.10 Å². The van der Waals surface area contributed by atoms with Crippen molar-refractivity contribution in [1.29, 1.82) is 0 Å².